The van der Waals surface area contributed by atoms with Gasteiger partial charge in [0, 0.05) is 29.8 Å². The summed E-state index contributed by atoms with van der Waals surface area (Å²) in [6.45, 7) is 14.7. The second-order valence-electron chi connectivity index (χ2n) is 2.34. The van der Waals surface area contributed by atoms with E-state index in [1.54, 1.807) is 12.1 Å². The van der Waals surface area contributed by atoms with Crippen molar-refractivity contribution in [2.45, 2.75) is 6.92 Å². The van der Waals surface area contributed by atoms with Gasteiger partial charge in [0.05, 0.1) is 6.21 Å². The zero-order valence-corrected chi connectivity index (χ0v) is 11.4. The number of oxime groups is 1. The van der Waals surface area contributed by atoms with Crippen LogP contribution in [0.4, 0.5) is 4.39 Å². The summed E-state index contributed by atoms with van der Waals surface area (Å²) in [7, 11) is 0. The molecule has 0 amide bonds. The number of hydrogen-bond acceptors (Lipinski definition) is 3. The van der Waals surface area contributed by atoms with Crippen molar-refractivity contribution in [2.75, 3.05) is 0 Å². The molecule has 1 aromatic carbocycles. The number of hydrogen-bond donors (Lipinski definition) is 0. The van der Waals surface area contributed by atoms with Crippen LogP contribution in [0.5, 0.6) is 0 Å². The van der Waals surface area contributed by atoms with Crippen LogP contribution in [0.2, 0.25) is 0 Å². The van der Waals surface area contributed by atoms with E-state index < -0.39 is 11.8 Å². The fraction of sp³-hybridized carbons (Fsp3) is 0.0833. The van der Waals surface area contributed by atoms with E-state index in [9.17, 15) is 9.18 Å². The van der Waals surface area contributed by atoms with Gasteiger partial charge < -0.3 is 4.84 Å². The maximum absolute atomic E-state index is 12.9. The van der Waals surface area contributed by atoms with E-state index in [4.69, 9.17) is 14.0 Å². The number of halogens is 1. The van der Waals surface area contributed by atoms with Crippen molar-refractivity contribution in [1.82, 2.24) is 0 Å². The summed E-state index contributed by atoms with van der Waals surface area (Å²) in [6.07, 6.45) is 1.15. The third-order valence-corrected chi connectivity index (χ3v) is 1.28. The summed E-state index contributed by atoms with van der Waals surface area (Å²) in [4.78, 5) is 14.6. The van der Waals surface area contributed by atoms with Gasteiger partial charge in [-0.25, -0.2) is 9.18 Å². The van der Waals surface area contributed by atoms with Crippen molar-refractivity contribution < 1.29 is 45.3 Å². The molecule has 0 unspecified atom stereocenters. The number of nitrogens with zero attached hydrogens (tertiary/aromatic N) is 1. The molecule has 1 rings (SSSR count). The zero-order chi connectivity index (χ0) is 15.7. The van der Waals surface area contributed by atoms with Crippen LogP contribution >= 0.6 is 0 Å². The van der Waals surface area contributed by atoms with Gasteiger partial charge >= 0.3 is 39.9 Å². The van der Waals surface area contributed by atoms with Crippen molar-refractivity contribution >= 4 is 12.2 Å². The average molecular weight is 317 g/mol. The van der Waals surface area contributed by atoms with E-state index in [2.05, 4.69) is 29.9 Å². The van der Waals surface area contributed by atoms with Gasteiger partial charge in [-0.3, -0.25) is 0 Å². The Hall–Kier alpha value is -1.96. The third-order valence-electron chi connectivity index (χ3n) is 1.28. The predicted octanol–water partition coefficient (Wildman–Crippen LogP) is 1.61. The Morgan fingerprint density at radius 1 is 1.20 bits per heavy atom. The Bertz CT molecular complexity index is 442. The van der Waals surface area contributed by atoms with Gasteiger partial charge in [0.15, 0.2) is 0 Å². The maximum Gasteiger partial charge on any atom is 0 e. The van der Waals surface area contributed by atoms with E-state index in [1.807, 2.05) is 0 Å². The minimum atomic E-state index is -0.535. The normalized spacial score (nSPS) is 7.00. The van der Waals surface area contributed by atoms with Gasteiger partial charge in [0.2, 0.25) is 0 Å². The molecule has 20 heavy (non-hydrogen) atoms. The van der Waals surface area contributed by atoms with Crippen LogP contribution in [0, 0.1) is 25.8 Å². The number of carbonyl (C=O) groups excluding carboxylic acids is 1. The van der Waals surface area contributed by atoms with Crippen LogP contribution in [0.1, 0.15) is 12.5 Å². The monoisotopic (exact) mass is 317 g/mol. The number of carbonyl (C=O) groups is 1. The first-order chi connectivity index (χ1) is 9.20. The Morgan fingerprint density at radius 3 is 2.05 bits per heavy atom. The molecule has 0 heterocycles. The molecule has 0 aliphatic carbocycles. The quantitative estimate of drug-likeness (QED) is 0.272. The molecule has 1 aromatic rings. The fourth-order valence-electron chi connectivity index (χ4n) is 0.737. The van der Waals surface area contributed by atoms with Gasteiger partial charge in [-0.2, -0.15) is 0 Å². The second kappa shape index (κ2) is 22.2. The van der Waals surface area contributed by atoms with Crippen molar-refractivity contribution in [1.29, 1.82) is 0 Å². The molecule has 6 nitrogen and oxygen atoms in total. The topological polar surface area (TPSA) is 98.4 Å². The summed E-state index contributed by atoms with van der Waals surface area (Å²) in [5.74, 6) is -0.939. The molecule has 0 aliphatic rings. The van der Waals surface area contributed by atoms with E-state index in [0.29, 0.717) is 0 Å². The predicted molar refractivity (Wildman–Crippen MR) is 57.5 cm³/mol. The molecule has 104 valence electrons. The summed E-state index contributed by atoms with van der Waals surface area (Å²) in [5, 5.41) is 3.29. The fourth-order valence-corrected chi connectivity index (χ4v) is 0.737. The van der Waals surface area contributed by atoms with Crippen molar-refractivity contribution in [3.05, 3.63) is 55.6 Å². The van der Waals surface area contributed by atoms with E-state index in [-0.39, 0.29) is 22.9 Å². The SMILES string of the molecule is CC(=O)O/N=C/c1ccccc1F.[C-]#[O+].[C-]#[O+].[C-]#[O+].[Cr]. The molecule has 0 bridgehead atoms. The first-order valence-electron chi connectivity index (χ1n) is 4.27. The van der Waals surface area contributed by atoms with Crippen LogP contribution in [0.25, 0.3) is 0 Å². The van der Waals surface area contributed by atoms with Crippen LogP contribution in [0.3, 0.4) is 0 Å². The molecule has 0 N–H and O–H groups in total. The van der Waals surface area contributed by atoms with Gasteiger partial charge in [0.1, 0.15) is 5.82 Å². The molecule has 0 atom stereocenters. The molecular weight excluding hydrogens is 309 g/mol. The van der Waals surface area contributed by atoms with Crippen molar-refractivity contribution in [3.63, 3.8) is 0 Å². The van der Waals surface area contributed by atoms with Crippen LogP contribution < -0.4 is 0 Å². The molecule has 0 fully saturated rings. The molecular formula is C12H8CrFNO5. The summed E-state index contributed by atoms with van der Waals surface area (Å²) in [5.41, 5.74) is 0.281. The van der Waals surface area contributed by atoms with Crippen LogP contribution in [-0.2, 0) is 40.9 Å². The van der Waals surface area contributed by atoms with Crippen LogP contribution in [0.15, 0.2) is 29.4 Å². The Balaban J connectivity index is -0.000000162. The van der Waals surface area contributed by atoms with Gasteiger partial charge in [-0.1, -0.05) is 23.4 Å². The zero-order valence-electron chi connectivity index (χ0n) is 10.2. The molecule has 0 aliphatic heterocycles. The summed E-state index contributed by atoms with van der Waals surface area (Å²) in [6, 6.07) is 6.06. The maximum atomic E-state index is 12.9. The van der Waals surface area contributed by atoms with E-state index >= 15 is 0 Å². The number of rotatable bonds is 2. The van der Waals surface area contributed by atoms with Gasteiger partial charge in [-0.05, 0) is 6.07 Å². The average Bonchev–Trinajstić information content (AvgIpc) is 2.47. The first-order valence-corrected chi connectivity index (χ1v) is 4.27. The van der Waals surface area contributed by atoms with Gasteiger partial charge in [0.25, 0.3) is 0 Å². The van der Waals surface area contributed by atoms with Crippen molar-refractivity contribution in [2.24, 2.45) is 5.16 Å². The Kier molecular flexibility index (Phi) is 29.6. The molecule has 8 heteroatoms. The minimum Gasteiger partial charge on any atom is 0 e. The molecule has 0 saturated carbocycles. The largest absolute Gasteiger partial charge is 0 e. The minimum absolute atomic E-state index is 0. The van der Waals surface area contributed by atoms with E-state index in [1.165, 1.54) is 19.1 Å². The summed E-state index contributed by atoms with van der Waals surface area (Å²) >= 11 is 0. The Morgan fingerprint density at radius 2 is 1.65 bits per heavy atom. The number of benzene rings is 1. The van der Waals surface area contributed by atoms with E-state index in [0.717, 1.165) is 6.21 Å². The van der Waals surface area contributed by atoms with Crippen molar-refractivity contribution in [3.8, 4) is 0 Å². The smallest absolute Gasteiger partial charge is 0 e. The first kappa shape index (κ1) is 26.6. The standard InChI is InChI=1S/C9H8FNO2.3CO.Cr/c1-7(12)13-11-6-8-4-2-3-5-9(8)10;3*1-2;/h2-6H,1H3;;;;/b11-6+;;;;. The molecule has 0 saturated heterocycles. The summed E-state index contributed by atoms with van der Waals surface area (Å²) < 4.78 is 35.4. The molecule has 0 spiro atoms. The molecule has 0 radical (unpaired) electrons. The second-order valence-corrected chi connectivity index (χ2v) is 2.34. The van der Waals surface area contributed by atoms with Crippen LogP contribution in [-0.4, -0.2) is 12.2 Å². The Labute approximate surface area is 125 Å². The molecule has 0 aromatic heterocycles. The third kappa shape index (κ3) is 16.0. The van der Waals surface area contributed by atoms with Gasteiger partial charge in [-0.15, -0.1) is 0 Å².